The maximum absolute atomic E-state index is 12.5. The lowest BCUT2D eigenvalue weighted by Gasteiger charge is -2.16. The number of nitrogens with one attached hydrogen (secondary N) is 1. The number of carboxylic acid groups (broad SMARTS) is 1. The molecule has 106 valence electrons. The quantitative estimate of drug-likeness (QED) is 0.815. The summed E-state index contributed by atoms with van der Waals surface area (Å²) < 4.78 is 37.5. The smallest absolute Gasteiger partial charge is 0.416 e. The number of benzene rings is 1. The predicted octanol–water partition coefficient (Wildman–Crippen LogP) is 3.02. The maximum Gasteiger partial charge on any atom is 0.416 e. The molecule has 4 nitrogen and oxygen atoms in total. The molecule has 0 fully saturated rings. The molecular formula is C13H11F3N2O2. The summed E-state index contributed by atoms with van der Waals surface area (Å²) in [4.78, 5) is 10.9. The van der Waals surface area contributed by atoms with Gasteiger partial charge in [0, 0.05) is 0 Å². The number of aliphatic carboxylic acids is 1. The summed E-state index contributed by atoms with van der Waals surface area (Å²) in [6.07, 6.45) is -3.12. The summed E-state index contributed by atoms with van der Waals surface area (Å²) in [6, 6.07) is 3.06. The van der Waals surface area contributed by atoms with Crippen molar-refractivity contribution in [1.29, 1.82) is 5.26 Å². The lowest BCUT2D eigenvalue weighted by Crippen LogP contribution is -2.29. The van der Waals surface area contributed by atoms with Crippen LogP contribution in [0.5, 0.6) is 0 Å². The Balaban J connectivity index is 3.11. The fourth-order valence-corrected chi connectivity index (χ4v) is 1.51. The molecule has 1 aromatic carbocycles. The first-order valence-corrected chi connectivity index (χ1v) is 5.51. The van der Waals surface area contributed by atoms with Gasteiger partial charge in [-0.05, 0) is 24.6 Å². The van der Waals surface area contributed by atoms with Gasteiger partial charge in [0.15, 0.2) is 0 Å². The van der Waals surface area contributed by atoms with E-state index in [1.807, 2.05) is 0 Å². The van der Waals surface area contributed by atoms with Gasteiger partial charge in [-0.2, -0.15) is 18.4 Å². The Hall–Kier alpha value is -2.49. The summed E-state index contributed by atoms with van der Waals surface area (Å²) in [5, 5.41) is 20.3. The van der Waals surface area contributed by atoms with Crippen LogP contribution in [0.3, 0.4) is 0 Å². The monoisotopic (exact) mass is 284 g/mol. The van der Waals surface area contributed by atoms with Crippen molar-refractivity contribution in [3.8, 4) is 6.07 Å². The Labute approximate surface area is 113 Å². The minimum atomic E-state index is -4.56. The van der Waals surface area contributed by atoms with Crippen LogP contribution in [0.4, 0.5) is 18.9 Å². The van der Waals surface area contributed by atoms with Crippen LogP contribution in [0.2, 0.25) is 0 Å². The van der Waals surface area contributed by atoms with Gasteiger partial charge in [-0.1, -0.05) is 6.08 Å². The topological polar surface area (TPSA) is 73.1 Å². The Bertz CT molecular complexity index is 562. The minimum Gasteiger partial charge on any atom is -0.480 e. The second-order valence-corrected chi connectivity index (χ2v) is 3.93. The summed E-state index contributed by atoms with van der Waals surface area (Å²) in [7, 11) is 0. The van der Waals surface area contributed by atoms with Crippen molar-refractivity contribution in [3.63, 3.8) is 0 Å². The molecule has 7 heteroatoms. The van der Waals surface area contributed by atoms with E-state index < -0.39 is 23.8 Å². The first-order chi connectivity index (χ1) is 9.29. The average Bonchev–Trinajstić information content (AvgIpc) is 2.37. The summed E-state index contributed by atoms with van der Waals surface area (Å²) in [5.74, 6) is -1.19. The summed E-state index contributed by atoms with van der Waals surface area (Å²) >= 11 is 0. The zero-order chi connectivity index (χ0) is 15.3. The number of hydrogen-bond donors (Lipinski definition) is 2. The van der Waals surface area contributed by atoms with Crippen molar-refractivity contribution in [1.82, 2.24) is 0 Å². The number of rotatable bonds is 5. The molecule has 1 aromatic rings. The third-order valence-electron chi connectivity index (χ3n) is 2.50. The number of nitriles is 1. The number of alkyl halides is 3. The molecule has 0 amide bonds. The summed E-state index contributed by atoms with van der Waals surface area (Å²) in [6.45, 7) is 3.40. The van der Waals surface area contributed by atoms with Crippen molar-refractivity contribution in [2.75, 3.05) is 5.32 Å². The molecule has 0 aliphatic carbocycles. The third-order valence-corrected chi connectivity index (χ3v) is 2.50. The number of halogens is 3. The molecule has 0 aliphatic heterocycles. The zero-order valence-electron chi connectivity index (χ0n) is 10.2. The lowest BCUT2D eigenvalue weighted by atomic mass is 10.1. The number of anilines is 1. The second kappa shape index (κ2) is 6.10. The van der Waals surface area contributed by atoms with Crippen LogP contribution in [0.1, 0.15) is 17.5 Å². The van der Waals surface area contributed by atoms with Crippen LogP contribution in [0, 0.1) is 11.3 Å². The van der Waals surface area contributed by atoms with Crippen LogP contribution in [-0.4, -0.2) is 17.1 Å². The average molecular weight is 284 g/mol. The van der Waals surface area contributed by atoms with Gasteiger partial charge < -0.3 is 10.4 Å². The predicted molar refractivity (Wildman–Crippen MR) is 66.0 cm³/mol. The molecule has 0 saturated heterocycles. The van der Waals surface area contributed by atoms with Crippen molar-refractivity contribution in [2.24, 2.45) is 0 Å². The van der Waals surface area contributed by atoms with Gasteiger partial charge >= 0.3 is 12.1 Å². The normalized spacial score (nSPS) is 12.3. The Morgan fingerprint density at radius 3 is 2.65 bits per heavy atom. The molecule has 1 unspecified atom stereocenters. The van der Waals surface area contributed by atoms with Crippen molar-refractivity contribution < 1.29 is 23.1 Å². The van der Waals surface area contributed by atoms with Crippen LogP contribution in [0.15, 0.2) is 30.9 Å². The number of hydrogen-bond acceptors (Lipinski definition) is 3. The van der Waals surface area contributed by atoms with Gasteiger partial charge in [-0.25, -0.2) is 4.79 Å². The third kappa shape index (κ3) is 3.75. The highest BCUT2D eigenvalue weighted by molar-refractivity contribution is 5.78. The Kier molecular flexibility index (Phi) is 4.75. The van der Waals surface area contributed by atoms with Gasteiger partial charge in [0.2, 0.25) is 0 Å². The molecular weight excluding hydrogens is 273 g/mol. The van der Waals surface area contributed by atoms with Crippen LogP contribution >= 0.6 is 0 Å². The molecule has 0 radical (unpaired) electrons. The first kappa shape index (κ1) is 15.6. The van der Waals surface area contributed by atoms with Crippen LogP contribution in [-0.2, 0) is 11.0 Å². The largest absolute Gasteiger partial charge is 0.480 e. The fourth-order valence-electron chi connectivity index (χ4n) is 1.51. The van der Waals surface area contributed by atoms with Crippen LogP contribution < -0.4 is 5.32 Å². The highest BCUT2D eigenvalue weighted by Crippen LogP contribution is 2.31. The van der Waals surface area contributed by atoms with E-state index >= 15 is 0 Å². The standard InChI is InChI=1S/C13H11F3N2O2/c1-2-3-11(12(19)20)18-10-5-4-9(13(14,15)16)6-8(10)7-17/h2,4-6,11,18H,1,3H2,(H,19,20). The zero-order valence-corrected chi connectivity index (χ0v) is 10.2. The number of carboxylic acids is 1. The number of nitrogens with zero attached hydrogens (tertiary/aromatic N) is 1. The molecule has 0 aliphatic rings. The SMILES string of the molecule is C=CCC(Nc1ccc(C(F)(F)F)cc1C#N)C(=O)O. The number of carbonyl (C=O) groups is 1. The molecule has 0 spiro atoms. The lowest BCUT2D eigenvalue weighted by molar-refractivity contribution is -0.138. The van der Waals surface area contributed by atoms with E-state index in [2.05, 4.69) is 11.9 Å². The Morgan fingerprint density at radius 1 is 1.55 bits per heavy atom. The highest BCUT2D eigenvalue weighted by Gasteiger charge is 2.31. The molecule has 2 N–H and O–H groups in total. The summed E-state index contributed by atoms with van der Waals surface area (Å²) in [5.41, 5.74) is -1.19. The molecule has 0 heterocycles. The molecule has 1 rings (SSSR count). The van der Waals surface area contributed by atoms with Gasteiger partial charge in [0.25, 0.3) is 0 Å². The van der Waals surface area contributed by atoms with Gasteiger partial charge in [-0.3, -0.25) is 0 Å². The fraction of sp³-hybridized carbons (Fsp3) is 0.231. The molecule has 1 atom stereocenters. The van der Waals surface area contributed by atoms with E-state index in [1.54, 1.807) is 6.07 Å². The van der Waals surface area contributed by atoms with E-state index in [0.29, 0.717) is 6.07 Å². The highest BCUT2D eigenvalue weighted by atomic mass is 19.4. The second-order valence-electron chi connectivity index (χ2n) is 3.93. The van der Waals surface area contributed by atoms with Crippen molar-refractivity contribution in [2.45, 2.75) is 18.6 Å². The van der Waals surface area contributed by atoms with E-state index in [0.717, 1.165) is 12.1 Å². The van der Waals surface area contributed by atoms with Crippen molar-refractivity contribution in [3.05, 3.63) is 42.0 Å². The van der Waals surface area contributed by atoms with E-state index in [4.69, 9.17) is 10.4 Å². The van der Waals surface area contributed by atoms with E-state index in [9.17, 15) is 18.0 Å². The van der Waals surface area contributed by atoms with Gasteiger partial charge in [-0.15, -0.1) is 6.58 Å². The molecule has 20 heavy (non-hydrogen) atoms. The first-order valence-electron chi connectivity index (χ1n) is 5.51. The molecule has 0 aromatic heterocycles. The molecule has 0 saturated carbocycles. The maximum atomic E-state index is 12.5. The molecule has 0 bridgehead atoms. The van der Waals surface area contributed by atoms with E-state index in [-0.39, 0.29) is 17.7 Å². The van der Waals surface area contributed by atoms with Crippen LogP contribution in [0.25, 0.3) is 0 Å². The van der Waals surface area contributed by atoms with E-state index in [1.165, 1.54) is 6.08 Å². The Morgan fingerprint density at radius 2 is 2.20 bits per heavy atom. The van der Waals surface area contributed by atoms with Gasteiger partial charge in [0.1, 0.15) is 12.1 Å². The minimum absolute atomic E-state index is 0.0368. The van der Waals surface area contributed by atoms with Gasteiger partial charge in [0.05, 0.1) is 16.8 Å². The van der Waals surface area contributed by atoms with Crippen molar-refractivity contribution >= 4 is 11.7 Å².